The molecule has 0 aliphatic rings. The zero-order valence-corrected chi connectivity index (χ0v) is 13.0. The first-order chi connectivity index (χ1) is 10.6. The molecule has 2 rings (SSSR count). The van der Waals surface area contributed by atoms with E-state index >= 15 is 0 Å². The minimum atomic E-state index is -0.562. The Morgan fingerprint density at radius 1 is 1.23 bits per heavy atom. The molecule has 3 N–H and O–H groups in total. The van der Waals surface area contributed by atoms with Gasteiger partial charge in [0.2, 0.25) is 0 Å². The van der Waals surface area contributed by atoms with E-state index in [1.54, 1.807) is 12.1 Å². The SMILES string of the molecule is N#C/C(=C/Nc1ccccc1Br)C(=O)Nc1cccc(O)c1. The number of nitriles is 1. The molecular weight excluding hydrogens is 346 g/mol. The quantitative estimate of drug-likeness (QED) is 0.576. The molecule has 2 aromatic rings. The zero-order chi connectivity index (χ0) is 15.9. The summed E-state index contributed by atoms with van der Waals surface area (Å²) in [4.78, 5) is 12.0. The molecule has 0 unspecified atom stereocenters. The van der Waals surface area contributed by atoms with Crippen LogP contribution in [0.3, 0.4) is 0 Å². The Kier molecular flexibility index (Phi) is 5.17. The normalized spacial score (nSPS) is 10.6. The molecule has 0 radical (unpaired) electrons. The van der Waals surface area contributed by atoms with Gasteiger partial charge in [-0.1, -0.05) is 18.2 Å². The third-order valence-electron chi connectivity index (χ3n) is 2.71. The minimum Gasteiger partial charge on any atom is -0.508 e. The third kappa shape index (κ3) is 4.11. The van der Waals surface area contributed by atoms with Gasteiger partial charge in [0.15, 0.2) is 0 Å². The Hall–Kier alpha value is -2.78. The molecule has 22 heavy (non-hydrogen) atoms. The fraction of sp³-hybridized carbons (Fsp3) is 0. The van der Waals surface area contributed by atoms with Crippen LogP contribution in [0.15, 0.2) is 64.8 Å². The summed E-state index contributed by atoms with van der Waals surface area (Å²) in [6, 6.07) is 15.3. The molecule has 0 aliphatic heterocycles. The molecule has 0 bridgehead atoms. The van der Waals surface area contributed by atoms with E-state index in [1.807, 2.05) is 30.3 Å². The first-order valence-electron chi connectivity index (χ1n) is 6.32. The number of halogens is 1. The number of benzene rings is 2. The largest absolute Gasteiger partial charge is 0.508 e. The van der Waals surface area contributed by atoms with Gasteiger partial charge in [-0.15, -0.1) is 0 Å². The number of carbonyl (C=O) groups excluding carboxylic acids is 1. The first-order valence-corrected chi connectivity index (χ1v) is 7.11. The summed E-state index contributed by atoms with van der Waals surface area (Å²) in [7, 11) is 0. The number of hydrogen-bond donors (Lipinski definition) is 3. The van der Waals surface area contributed by atoms with Crippen LogP contribution in [0.25, 0.3) is 0 Å². The van der Waals surface area contributed by atoms with Gasteiger partial charge in [0.05, 0.1) is 5.69 Å². The lowest BCUT2D eigenvalue weighted by Crippen LogP contribution is -2.14. The van der Waals surface area contributed by atoms with Crippen molar-refractivity contribution in [3.8, 4) is 11.8 Å². The molecule has 0 spiro atoms. The maximum absolute atomic E-state index is 12.0. The van der Waals surface area contributed by atoms with E-state index < -0.39 is 5.91 Å². The maximum Gasteiger partial charge on any atom is 0.267 e. The molecule has 0 aliphatic carbocycles. The predicted octanol–water partition coefficient (Wildman–Crippen LogP) is 3.61. The van der Waals surface area contributed by atoms with E-state index in [4.69, 9.17) is 5.26 Å². The third-order valence-corrected chi connectivity index (χ3v) is 3.41. The minimum absolute atomic E-state index is 0.0339. The van der Waals surface area contributed by atoms with Gasteiger partial charge in [-0.05, 0) is 40.2 Å². The summed E-state index contributed by atoms with van der Waals surface area (Å²) >= 11 is 3.36. The van der Waals surface area contributed by atoms with Gasteiger partial charge in [0.1, 0.15) is 17.4 Å². The van der Waals surface area contributed by atoms with Gasteiger partial charge >= 0.3 is 0 Å². The van der Waals surface area contributed by atoms with Crippen LogP contribution in [-0.2, 0) is 4.79 Å². The number of anilines is 2. The number of rotatable bonds is 4. The Bertz CT molecular complexity index is 766. The zero-order valence-electron chi connectivity index (χ0n) is 11.4. The summed E-state index contributed by atoms with van der Waals surface area (Å²) in [5.74, 6) is -0.528. The molecule has 0 heterocycles. The lowest BCUT2D eigenvalue weighted by Gasteiger charge is -2.06. The van der Waals surface area contributed by atoms with Crippen LogP contribution < -0.4 is 10.6 Å². The maximum atomic E-state index is 12.0. The van der Waals surface area contributed by atoms with E-state index in [0.717, 1.165) is 10.2 Å². The summed E-state index contributed by atoms with van der Waals surface area (Å²) in [6.07, 6.45) is 1.33. The van der Waals surface area contributed by atoms with Crippen LogP contribution in [-0.4, -0.2) is 11.0 Å². The second-order valence-corrected chi connectivity index (χ2v) is 5.15. The van der Waals surface area contributed by atoms with Gasteiger partial charge in [-0.2, -0.15) is 5.26 Å². The topological polar surface area (TPSA) is 85.2 Å². The second kappa shape index (κ2) is 7.29. The van der Waals surface area contributed by atoms with Crippen molar-refractivity contribution in [3.63, 3.8) is 0 Å². The number of nitrogens with zero attached hydrogens (tertiary/aromatic N) is 1. The number of nitrogens with one attached hydrogen (secondary N) is 2. The highest BCUT2D eigenvalue weighted by molar-refractivity contribution is 9.10. The lowest BCUT2D eigenvalue weighted by molar-refractivity contribution is -0.112. The van der Waals surface area contributed by atoms with E-state index in [0.29, 0.717) is 5.69 Å². The number of hydrogen-bond acceptors (Lipinski definition) is 4. The lowest BCUT2D eigenvalue weighted by atomic mass is 10.2. The smallest absolute Gasteiger partial charge is 0.267 e. The molecule has 6 heteroatoms. The summed E-state index contributed by atoms with van der Waals surface area (Å²) in [6.45, 7) is 0. The molecule has 5 nitrogen and oxygen atoms in total. The first kappa shape index (κ1) is 15.6. The molecule has 0 fully saturated rings. The van der Waals surface area contributed by atoms with Crippen LogP contribution >= 0.6 is 15.9 Å². The Balaban J connectivity index is 2.11. The summed E-state index contributed by atoms with van der Waals surface area (Å²) < 4.78 is 0.817. The van der Waals surface area contributed by atoms with E-state index in [2.05, 4.69) is 26.6 Å². The molecule has 0 atom stereocenters. The monoisotopic (exact) mass is 357 g/mol. The highest BCUT2D eigenvalue weighted by atomic mass is 79.9. The predicted molar refractivity (Wildman–Crippen MR) is 88.2 cm³/mol. The van der Waals surface area contributed by atoms with Crippen molar-refractivity contribution in [2.45, 2.75) is 0 Å². The highest BCUT2D eigenvalue weighted by Crippen LogP contribution is 2.21. The Morgan fingerprint density at radius 2 is 2.00 bits per heavy atom. The Morgan fingerprint density at radius 3 is 2.68 bits per heavy atom. The molecule has 1 amide bonds. The summed E-state index contributed by atoms with van der Waals surface area (Å²) in [5.41, 5.74) is 1.06. The average Bonchev–Trinajstić information content (AvgIpc) is 2.49. The van der Waals surface area contributed by atoms with Crippen molar-refractivity contribution in [2.75, 3.05) is 10.6 Å². The average molecular weight is 358 g/mol. The number of carbonyl (C=O) groups is 1. The molecular formula is C16H12BrN3O2. The van der Waals surface area contributed by atoms with Crippen LogP contribution in [0.5, 0.6) is 5.75 Å². The van der Waals surface area contributed by atoms with Crippen molar-refractivity contribution in [1.82, 2.24) is 0 Å². The van der Waals surface area contributed by atoms with Gasteiger partial charge in [-0.25, -0.2) is 0 Å². The molecule has 0 saturated heterocycles. The second-order valence-electron chi connectivity index (χ2n) is 4.30. The Labute approximate surface area is 136 Å². The number of phenolic OH excluding ortho intramolecular Hbond substituents is 1. The van der Waals surface area contributed by atoms with Crippen molar-refractivity contribution in [2.24, 2.45) is 0 Å². The standard InChI is InChI=1S/C16H12BrN3O2/c17-14-6-1-2-7-15(14)19-10-11(9-18)16(22)20-12-4-3-5-13(21)8-12/h1-8,10,19,21H,(H,20,22)/b11-10-. The molecule has 110 valence electrons. The van der Waals surface area contributed by atoms with Crippen LogP contribution in [0, 0.1) is 11.3 Å². The molecule has 0 aromatic heterocycles. The van der Waals surface area contributed by atoms with E-state index in [1.165, 1.54) is 18.3 Å². The van der Waals surface area contributed by atoms with E-state index in [9.17, 15) is 9.90 Å². The fourth-order valence-corrected chi connectivity index (χ4v) is 2.06. The van der Waals surface area contributed by atoms with Crippen molar-refractivity contribution in [3.05, 3.63) is 64.8 Å². The van der Waals surface area contributed by atoms with Crippen molar-refractivity contribution >= 4 is 33.2 Å². The van der Waals surface area contributed by atoms with Gasteiger partial charge in [-0.3, -0.25) is 4.79 Å². The summed E-state index contributed by atoms with van der Waals surface area (Å²) in [5, 5.41) is 23.9. The fourth-order valence-electron chi connectivity index (χ4n) is 1.66. The van der Waals surface area contributed by atoms with Crippen LogP contribution in [0.4, 0.5) is 11.4 Å². The van der Waals surface area contributed by atoms with Gasteiger partial charge < -0.3 is 15.7 Å². The van der Waals surface area contributed by atoms with Gasteiger partial charge in [0.25, 0.3) is 5.91 Å². The number of aromatic hydroxyl groups is 1. The number of phenols is 1. The van der Waals surface area contributed by atoms with E-state index in [-0.39, 0.29) is 11.3 Å². The highest BCUT2D eigenvalue weighted by Gasteiger charge is 2.09. The molecule has 0 saturated carbocycles. The molecule has 2 aromatic carbocycles. The van der Waals surface area contributed by atoms with Crippen molar-refractivity contribution < 1.29 is 9.90 Å². The van der Waals surface area contributed by atoms with Crippen LogP contribution in [0.1, 0.15) is 0 Å². The number of amides is 1. The van der Waals surface area contributed by atoms with Crippen LogP contribution in [0.2, 0.25) is 0 Å². The van der Waals surface area contributed by atoms with Crippen molar-refractivity contribution in [1.29, 1.82) is 5.26 Å². The van der Waals surface area contributed by atoms with Gasteiger partial charge in [0, 0.05) is 22.4 Å². The number of para-hydroxylation sites is 1.